The predicted octanol–water partition coefficient (Wildman–Crippen LogP) is 4.75. The molecular weight excluding hydrogens is 370 g/mol. The molecule has 0 unspecified atom stereocenters. The normalized spacial score (nSPS) is 10.2. The Morgan fingerprint density at radius 3 is 2.32 bits per heavy atom. The molecular formula is C22H27N3O2S. The van der Waals surface area contributed by atoms with Crippen molar-refractivity contribution in [3.8, 4) is 0 Å². The van der Waals surface area contributed by atoms with Gasteiger partial charge in [-0.15, -0.1) is 0 Å². The van der Waals surface area contributed by atoms with Crippen molar-refractivity contribution in [1.82, 2.24) is 5.32 Å². The fourth-order valence-electron chi connectivity index (χ4n) is 2.85. The first-order chi connectivity index (χ1) is 13.6. The molecule has 2 aromatic rings. The molecule has 5 nitrogen and oxygen atoms in total. The molecule has 0 spiro atoms. The molecule has 0 aromatic heterocycles. The van der Waals surface area contributed by atoms with Crippen molar-refractivity contribution in [3.05, 3.63) is 60.2 Å². The number of anilines is 2. The summed E-state index contributed by atoms with van der Waals surface area (Å²) in [5.74, 6) is -0.247. The highest BCUT2D eigenvalue weighted by Gasteiger charge is 2.19. The van der Waals surface area contributed by atoms with Gasteiger partial charge in [-0.25, -0.2) is 0 Å². The molecule has 28 heavy (non-hydrogen) atoms. The fourth-order valence-corrected chi connectivity index (χ4v) is 3.08. The zero-order valence-electron chi connectivity index (χ0n) is 16.4. The van der Waals surface area contributed by atoms with Crippen LogP contribution in [-0.2, 0) is 4.79 Å². The average Bonchev–Trinajstić information content (AvgIpc) is 2.70. The van der Waals surface area contributed by atoms with Crippen LogP contribution in [0.15, 0.2) is 54.6 Å². The number of nitrogens with one attached hydrogen (secondary N) is 2. The first kappa shape index (κ1) is 21.6. The first-order valence-corrected chi connectivity index (χ1v) is 10.0. The summed E-state index contributed by atoms with van der Waals surface area (Å²) >= 11 is 5.26. The Morgan fingerprint density at radius 2 is 1.64 bits per heavy atom. The number of hydrogen-bond acceptors (Lipinski definition) is 3. The van der Waals surface area contributed by atoms with Crippen LogP contribution < -0.4 is 15.5 Å². The highest BCUT2D eigenvalue weighted by atomic mass is 32.1. The van der Waals surface area contributed by atoms with Crippen LogP contribution >= 0.6 is 12.2 Å². The Labute approximate surface area is 172 Å². The van der Waals surface area contributed by atoms with Gasteiger partial charge in [0.15, 0.2) is 5.11 Å². The van der Waals surface area contributed by atoms with Crippen molar-refractivity contribution in [2.75, 3.05) is 16.8 Å². The maximum Gasteiger partial charge on any atom is 0.260 e. The molecule has 0 bridgehead atoms. The van der Waals surface area contributed by atoms with E-state index in [0.717, 1.165) is 24.9 Å². The van der Waals surface area contributed by atoms with Crippen molar-refractivity contribution in [2.24, 2.45) is 0 Å². The standard InChI is InChI=1S/C22H27N3O2S/c1-3-5-7-16-20(26)24-22(28)23-19-15-11-10-14-18(19)21(27)25(4-2)17-12-8-6-9-13-17/h6,8-15H,3-5,7,16H2,1-2H3,(H2,23,24,26,28). The molecule has 0 aliphatic rings. The zero-order valence-corrected chi connectivity index (χ0v) is 17.2. The summed E-state index contributed by atoms with van der Waals surface area (Å²) in [5.41, 5.74) is 1.90. The van der Waals surface area contributed by atoms with Gasteiger partial charge >= 0.3 is 0 Å². The van der Waals surface area contributed by atoms with E-state index in [1.54, 1.807) is 17.0 Å². The van der Waals surface area contributed by atoms with E-state index in [0.29, 0.717) is 24.2 Å². The number of unbranched alkanes of at least 4 members (excludes halogenated alkanes) is 2. The highest BCUT2D eigenvalue weighted by Crippen LogP contribution is 2.21. The van der Waals surface area contributed by atoms with Gasteiger partial charge in [0.2, 0.25) is 5.91 Å². The number of amides is 2. The summed E-state index contributed by atoms with van der Waals surface area (Å²) in [6, 6.07) is 16.7. The van der Waals surface area contributed by atoms with Crippen LogP contribution in [0.5, 0.6) is 0 Å². The first-order valence-electron chi connectivity index (χ1n) is 9.63. The lowest BCUT2D eigenvalue weighted by molar-refractivity contribution is -0.119. The van der Waals surface area contributed by atoms with Gasteiger partial charge in [0.1, 0.15) is 0 Å². The Hall–Kier alpha value is -2.73. The molecule has 0 atom stereocenters. The number of para-hydroxylation sites is 2. The number of thiocarbonyl (C=S) groups is 1. The van der Waals surface area contributed by atoms with Gasteiger partial charge in [0.25, 0.3) is 5.91 Å². The van der Waals surface area contributed by atoms with Gasteiger partial charge in [-0.05, 0) is 49.8 Å². The van der Waals surface area contributed by atoms with Crippen LogP contribution in [0, 0.1) is 0 Å². The van der Waals surface area contributed by atoms with Crippen molar-refractivity contribution in [2.45, 2.75) is 39.5 Å². The summed E-state index contributed by atoms with van der Waals surface area (Å²) < 4.78 is 0. The summed E-state index contributed by atoms with van der Waals surface area (Å²) in [5, 5.41) is 5.88. The third-order valence-electron chi connectivity index (χ3n) is 4.30. The minimum absolute atomic E-state index is 0.116. The molecule has 0 radical (unpaired) electrons. The molecule has 2 N–H and O–H groups in total. The summed E-state index contributed by atoms with van der Waals surface area (Å²) in [4.78, 5) is 26.8. The lowest BCUT2D eigenvalue weighted by Crippen LogP contribution is -2.35. The highest BCUT2D eigenvalue weighted by molar-refractivity contribution is 7.80. The van der Waals surface area contributed by atoms with E-state index in [4.69, 9.17) is 12.2 Å². The van der Waals surface area contributed by atoms with Gasteiger partial charge in [-0.1, -0.05) is 50.1 Å². The maximum atomic E-state index is 13.1. The number of rotatable bonds is 8. The molecule has 2 rings (SSSR count). The minimum atomic E-state index is -0.131. The smallest absolute Gasteiger partial charge is 0.260 e. The largest absolute Gasteiger partial charge is 0.332 e. The number of benzene rings is 2. The molecule has 6 heteroatoms. The Bertz CT molecular complexity index is 808. The van der Waals surface area contributed by atoms with Crippen molar-refractivity contribution >= 4 is 40.5 Å². The van der Waals surface area contributed by atoms with E-state index in [1.807, 2.05) is 49.4 Å². The fraction of sp³-hybridized carbons (Fsp3) is 0.318. The van der Waals surface area contributed by atoms with E-state index in [-0.39, 0.29) is 16.9 Å². The predicted molar refractivity (Wildman–Crippen MR) is 119 cm³/mol. The molecule has 0 saturated heterocycles. The van der Waals surface area contributed by atoms with Crippen LogP contribution in [0.1, 0.15) is 49.9 Å². The summed E-state index contributed by atoms with van der Waals surface area (Å²) in [7, 11) is 0. The topological polar surface area (TPSA) is 61.4 Å². The second-order valence-electron chi connectivity index (χ2n) is 6.39. The third-order valence-corrected chi connectivity index (χ3v) is 4.50. The zero-order chi connectivity index (χ0) is 20.4. The van der Waals surface area contributed by atoms with Gasteiger partial charge in [0, 0.05) is 18.7 Å². The van der Waals surface area contributed by atoms with Crippen LogP contribution in [0.3, 0.4) is 0 Å². The third kappa shape index (κ3) is 6.16. The quantitative estimate of drug-likeness (QED) is 0.499. The lowest BCUT2D eigenvalue weighted by Gasteiger charge is -2.22. The van der Waals surface area contributed by atoms with Crippen LogP contribution in [0.2, 0.25) is 0 Å². The number of carbonyl (C=O) groups is 2. The number of nitrogens with zero attached hydrogens (tertiary/aromatic N) is 1. The summed E-state index contributed by atoms with van der Waals surface area (Å²) in [6.45, 7) is 4.56. The molecule has 148 valence electrons. The SMILES string of the molecule is CCCCCC(=O)NC(=S)Nc1ccccc1C(=O)N(CC)c1ccccc1. The van der Waals surface area contributed by atoms with E-state index in [9.17, 15) is 9.59 Å². The van der Waals surface area contributed by atoms with E-state index in [2.05, 4.69) is 17.6 Å². The molecule has 0 heterocycles. The lowest BCUT2D eigenvalue weighted by atomic mass is 10.1. The Balaban J connectivity index is 2.10. The Kier molecular flexibility index (Phi) is 8.62. The minimum Gasteiger partial charge on any atom is -0.332 e. The average molecular weight is 398 g/mol. The number of hydrogen-bond donors (Lipinski definition) is 2. The molecule has 0 aliphatic heterocycles. The van der Waals surface area contributed by atoms with Gasteiger partial charge in [-0.2, -0.15) is 0 Å². The van der Waals surface area contributed by atoms with Gasteiger partial charge in [0.05, 0.1) is 11.3 Å². The second-order valence-corrected chi connectivity index (χ2v) is 6.80. The molecule has 2 aromatic carbocycles. The van der Waals surface area contributed by atoms with Gasteiger partial charge in [-0.3, -0.25) is 9.59 Å². The Morgan fingerprint density at radius 1 is 0.964 bits per heavy atom. The molecule has 2 amide bonds. The van der Waals surface area contributed by atoms with E-state index >= 15 is 0 Å². The van der Waals surface area contributed by atoms with E-state index in [1.165, 1.54) is 0 Å². The number of carbonyl (C=O) groups excluding carboxylic acids is 2. The molecule has 0 saturated carbocycles. The molecule has 0 aliphatic carbocycles. The van der Waals surface area contributed by atoms with Gasteiger partial charge < -0.3 is 15.5 Å². The second kappa shape index (κ2) is 11.2. The van der Waals surface area contributed by atoms with Crippen LogP contribution in [-0.4, -0.2) is 23.5 Å². The van der Waals surface area contributed by atoms with Crippen molar-refractivity contribution in [1.29, 1.82) is 0 Å². The summed E-state index contributed by atoms with van der Waals surface area (Å²) in [6.07, 6.45) is 3.34. The van der Waals surface area contributed by atoms with Crippen LogP contribution in [0.25, 0.3) is 0 Å². The van der Waals surface area contributed by atoms with Crippen molar-refractivity contribution < 1.29 is 9.59 Å². The monoisotopic (exact) mass is 397 g/mol. The molecule has 0 fully saturated rings. The van der Waals surface area contributed by atoms with Crippen molar-refractivity contribution in [3.63, 3.8) is 0 Å². The maximum absolute atomic E-state index is 13.1. The van der Waals surface area contributed by atoms with E-state index < -0.39 is 0 Å². The van der Waals surface area contributed by atoms with Crippen LogP contribution in [0.4, 0.5) is 11.4 Å².